The molecule has 2 aromatic rings. The van der Waals surface area contributed by atoms with Crippen LogP contribution in [-0.4, -0.2) is 17.3 Å². The molecule has 1 aromatic carbocycles. The average molecular weight is 305 g/mol. The molecule has 21 heavy (non-hydrogen) atoms. The van der Waals surface area contributed by atoms with Gasteiger partial charge in [-0.05, 0) is 44.5 Å². The monoisotopic (exact) mass is 305 g/mol. The predicted molar refractivity (Wildman–Crippen MR) is 81.5 cm³/mol. The number of hydrogen-bond acceptors (Lipinski definition) is 5. The van der Waals surface area contributed by atoms with Crippen LogP contribution in [0.1, 0.15) is 25.7 Å². The standard InChI is InChI=1S/C15H15NO4S/c1-9-6-10(2)14(7-12(9)16(18)19)20-8-13(17)15-5-4-11(3)21-15/h4-7H,8H2,1-3H3. The minimum absolute atomic E-state index is 0.00461. The Morgan fingerprint density at radius 3 is 2.52 bits per heavy atom. The molecule has 6 heteroatoms. The largest absolute Gasteiger partial charge is 0.485 e. The van der Waals surface area contributed by atoms with Crippen LogP contribution in [0.4, 0.5) is 5.69 Å². The summed E-state index contributed by atoms with van der Waals surface area (Å²) in [4.78, 5) is 24.1. The summed E-state index contributed by atoms with van der Waals surface area (Å²) in [6, 6.07) is 6.70. The van der Waals surface area contributed by atoms with Gasteiger partial charge in [0.1, 0.15) is 5.75 Å². The van der Waals surface area contributed by atoms with Crippen molar-refractivity contribution < 1.29 is 14.5 Å². The predicted octanol–water partition coefficient (Wildman–Crippen LogP) is 3.84. The third-order valence-electron chi connectivity index (χ3n) is 3.06. The van der Waals surface area contributed by atoms with E-state index in [1.807, 2.05) is 13.0 Å². The molecule has 0 radical (unpaired) electrons. The quantitative estimate of drug-likeness (QED) is 0.478. The summed E-state index contributed by atoms with van der Waals surface area (Å²) in [5.41, 5.74) is 1.34. The van der Waals surface area contributed by atoms with Crippen molar-refractivity contribution in [2.45, 2.75) is 20.8 Å². The fourth-order valence-corrected chi connectivity index (χ4v) is 2.76. The van der Waals surface area contributed by atoms with Gasteiger partial charge in [0.2, 0.25) is 5.78 Å². The van der Waals surface area contributed by atoms with Crippen LogP contribution >= 0.6 is 11.3 Å². The molecule has 0 aliphatic heterocycles. The summed E-state index contributed by atoms with van der Waals surface area (Å²) < 4.78 is 5.46. The lowest BCUT2D eigenvalue weighted by Gasteiger charge is -2.09. The van der Waals surface area contributed by atoms with Gasteiger partial charge in [-0.15, -0.1) is 11.3 Å². The summed E-state index contributed by atoms with van der Waals surface area (Å²) in [6.45, 7) is 5.27. The van der Waals surface area contributed by atoms with Crippen LogP contribution in [0.5, 0.6) is 5.75 Å². The van der Waals surface area contributed by atoms with Gasteiger partial charge in [0.05, 0.1) is 15.9 Å². The van der Waals surface area contributed by atoms with Gasteiger partial charge in [0.15, 0.2) is 6.61 Å². The molecule has 0 unspecified atom stereocenters. The molecule has 0 spiro atoms. The van der Waals surface area contributed by atoms with E-state index >= 15 is 0 Å². The van der Waals surface area contributed by atoms with Crippen LogP contribution in [0, 0.1) is 30.9 Å². The van der Waals surface area contributed by atoms with Crippen molar-refractivity contribution in [1.82, 2.24) is 0 Å². The van der Waals surface area contributed by atoms with Crippen molar-refractivity contribution in [3.63, 3.8) is 0 Å². The lowest BCUT2D eigenvalue weighted by molar-refractivity contribution is -0.385. The number of hydrogen-bond donors (Lipinski definition) is 0. The zero-order valence-corrected chi connectivity index (χ0v) is 12.8. The van der Waals surface area contributed by atoms with Crippen LogP contribution < -0.4 is 4.74 Å². The number of nitro groups is 1. The second-order valence-electron chi connectivity index (χ2n) is 4.78. The summed E-state index contributed by atoms with van der Waals surface area (Å²) in [5.74, 6) is 0.240. The third kappa shape index (κ3) is 3.46. The molecule has 0 bridgehead atoms. The first-order chi connectivity index (χ1) is 9.88. The minimum atomic E-state index is -0.452. The lowest BCUT2D eigenvalue weighted by atomic mass is 10.1. The lowest BCUT2D eigenvalue weighted by Crippen LogP contribution is -2.11. The highest BCUT2D eigenvalue weighted by Gasteiger charge is 2.16. The Kier molecular flexibility index (Phi) is 4.37. The number of rotatable bonds is 5. The van der Waals surface area contributed by atoms with E-state index in [9.17, 15) is 14.9 Å². The highest BCUT2D eigenvalue weighted by atomic mass is 32.1. The zero-order chi connectivity index (χ0) is 15.6. The molecule has 0 saturated heterocycles. The van der Waals surface area contributed by atoms with E-state index in [1.165, 1.54) is 17.4 Å². The fraction of sp³-hybridized carbons (Fsp3) is 0.267. The number of carbonyl (C=O) groups is 1. The number of ketones is 1. The number of ether oxygens (including phenoxy) is 1. The van der Waals surface area contributed by atoms with Crippen LogP contribution in [0.15, 0.2) is 24.3 Å². The summed E-state index contributed by atoms with van der Waals surface area (Å²) in [5, 5.41) is 10.9. The van der Waals surface area contributed by atoms with Gasteiger partial charge < -0.3 is 4.74 Å². The number of carbonyl (C=O) groups excluding carboxylic acids is 1. The van der Waals surface area contributed by atoms with Gasteiger partial charge in [-0.3, -0.25) is 14.9 Å². The van der Waals surface area contributed by atoms with Gasteiger partial charge in [0.25, 0.3) is 5.69 Å². The second kappa shape index (κ2) is 6.05. The van der Waals surface area contributed by atoms with Crippen LogP contribution in [0.25, 0.3) is 0 Å². The van der Waals surface area contributed by atoms with Crippen LogP contribution in [0.2, 0.25) is 0 Å². The number of benzene rings is 1. The Morgan fingerprint density at radius 2 is 1.95 bits per heavy atom. The van der Waals surface area contributed by atoms with Gasteiger partial charge in [0, 0.05) is 10.4 Å². The topological polar surface area (TPSA) is 69.4 Å². The van der Waals surface area contributed by atoms with Crippen molar-refractivity contribution in [3.8, 4) is 5.75 Å². The van der Waals surface area contributed by atoms with E-state index in [4.69, 9.17) is 4.74 Å². The van der Waals surface area contributed by atoms with Gasteiger partial charge >= 0.3 is 0 Å². The summed E-state index contributed by atoms with van der Waals surface area (Å²) >= 11 is 1.41. The van der Waals surface area contributed by atoms with E-state index in [1.54, 1.807) is 26.0 Å². The van der Waals surface area contributed by atoms with E-state index in [2.05, 4.69) is 0 Å². The van der Waals surface area contributed by atoms with Crippen molar-refractivity contribution in [2.24, 2.45) is 0 Å². The maximum Gasteiger partial charge on any atom is 0.276 e. The third-order valence-corrected chi connectivity index (χ3v) is 4.11. The first-order valence-corrected chi connectivity index (χ1v) is 7.18. The molecule has 1 aromatic heterocycles. The first kappa shape index (κ1) is 15.2. The van der Waals surface area contributed by atoms with Gasteiger partial charge in [-0.2, -0.15) is 0 Å². The molecule has 0 saturated carbocycles. The number of nitrogens with zero attached hydrogens (tertiary/aromatic N) is 1. The van der Waals surface area contributed by atoms with Crippen molar-refractivity contribution >= 4 is 22.8 Å². The second-order valence-corrected chi connectivity index (χ2v) is 6.07. The van der Waals surface area contributed by atoms with Gasteiger partial charge in [-0.1, -0.05) is 0 Å². The molecule has 0 fully saturated rings. The average Bonchev–Trinajstić information content (AvgIpc) is 2.83. The minimum Gasteiger partial charge on any atom is -0.485 e. The van der Waals surface area contributed by atoms with Crippen LogP contribution in [0.3, 0.4) is 0 Å². The fourth-order valence-electron chi connectivity index (χ4n) is 1.97. The van der Waals surface area contributed by atoms with Crippen molar-refractivity contribution in [3.05, 3.63) is 55.3 Å². The Hall–Kier alpha value is -2.21. The Balaban J connectivity index is 2.14. The van der Waals surface area contributed by atoms with E-state index in [0.717, 1.165) is 10.4 Å². The molecule has 0 aliphatic carbocycles. The molecule has 0 N–H and O–H groups in total. The maximum absolute atomic E-state index is 12.0. The molecule has 110 valence electrons. The number of Topliss-reactive ketones (excluding diaryl/α,β-unsaturated/α-hetero) is 1. The Bertz CT molecular complexity index is 706. The van der Waals surface area contributed by atoms with Crippen molar-refractivity contribution in [1.29, 1.82) is 0 Å². The van der Waals surface area contributed by atoms with E-state index in [-0.39, 0.29) is 18.1 Å². The smallest absolute Gasteiger partial charge is 0.276 e. The Morgan fingerprint density at radius 1 is 1.24 bits per heavy atom. The zero-order valence-electron chi connectivity index (χ0n) is 12.0. The van der Waals surface area contributed by atoms with E-state index < -0.39 is 4.92 Å². The number of aryl methyl sites for hydroxylation is 3. The van der Waals surface area contributed by atoms with Crippen LogP contribution in [-0.2, 0) is 0 Å². The molecular formula is C15H15NO4S. The normalized spacial score (nSPS) is 10.4. The molecule has 0 atom stereocenters. The number of nitro benzene ring substituents is 1. The van der Waals surface area contributed by atoms with Gasteiger partial charge in [-0.25, -0.2) is 0 Å². The van der Waals surface area contributed by atoms with E-state index in [0.29, 0.717) is 16.2 Å². The maximum atomic E-state index is 12.0. The van der Waals surface area contributed by atoms with Crippen molar-refractivity contribution in [2.75, 3.05) is 6.61 Å². The molecule has 0 amide bonds. The number of thiophene rings is 1. The molecule has 5 nitrogen and oxygen atoms in total. The molecule has 1 heterocycles. The summed E-state index contributed by atoms with van der Waals surface area (Å²) in [6.07, 6.45) is 0. The first-order valence-electron chi connectivity index (χ1n) is 6.36. The summed E-state index contributed by atoms with van der Waals surface area (Å²) in [7, 11) is 0. The highest BCUT2D eigenvalue weighted by Crippen LogP contribution is 2.28. The molecule has 0 aliphatic rings. The molecule has 2 rings (SSSR count). The Labute approximate surface area is 126 Å². The molecular weight excluding hydrogens is 290 g/mol. The highest BCUT2D eigenvalue weighted by molar-refractivity contribution is 7.14. The SMILES string of the molecule is Cc1ccc(C(=O)COc2cc([N+](=O)[O-])c(C)cc2C)s1.